The molecule has 4 aromatic carbocycles. The van der Waals surface area contributed by atoms with E-state index in [0.717, 1.165) is 32.8 Å². The molecule has 0 saturated carbocycles. The molecule has 0 atom stereocenters. The van der Waals surface area contributed by atoms with E-state index in [4.69, 9.17) is 16.3 Å². The van der Waals surface area contributed by atoms with E-state index in [9.17, 15) is 9.90 Å². The van der Waals surface area contributed by atoms with Gasteiger partial charge in [-0.3, -0.25) is 9.79 Å². The van der Waals surface area contributed by atoms with Crippen molar-refractivity contribution in [1.82, 2.24) is 0 Å². The molecule has 0 aromatic heterocycles. The van der Waals surface area contributed by atoms with Gasteiger partial charge in [-0.1, -0.05) is 90.1 Å². The fraction of sp³-hybridized carbons (Fsp3) is 0.103. The average molecular weight is 499 g/mol. The van der Waals surface area contributed by atoms with E-state index >= 15 is 0 Å². The Morgan fingerprint density at radius 3 is 2.29 bits per heavy atom. The summed E-state index contributed by atoms with van der Waals surface area (Å²) >= 11 is 7.66. The van der Waals surface area contributed by atoms with Crippen molar-refractivity contribution in [3.8, 4) is 11.1 Å². The van der Waals surface area contributed by atoms with E-state index in [2.05, 4.69) is 29.3 Å². The van der Waals surface area contributed by atoms with Gasteiger partial charge in [0.2, 0.25) is 0 Å². The zero-order chi connectivity index (χ0) is 24.2. The van der Waals surface area contributed by atoms with Crippen LogP contribution in [0.25, 0.3) is 11.1 Å². The molecular formula is C29H21ClNO3S-. The number of hydrogen-bond donors (Lipinski definition) is 0. The van der Waals surface area contributed by atoms with Gasteiger partial charge in [-0.15, -0.1) is 0 Å². The molecule has 0 aliphatic heterocycles. The number of benzene rings is 4. The number of carbonyl (C=O) groups is 1. The predicted octanol–water partition coefficient (Wildman–Crippen LogP) is 6.35. The lowest BCUT2D eigenvalue weighted by Gasteiger charge is -2.21. The lowest BCUT2D eigenvalue weighted by molar-refractivity contribution is -0.251. The van der Waals surface area contributed by atoms with Crippen LogP contribution in [0.1, 0.15) is 33.0 Å². The highest BCUT2D eigenvalue weighted by molar-refractivity contribution is 7.99. The molecule has 4 aromatic rings. The minimum absolute atomic E-state index is 0.0151. The van der Waals surface area contributed by atoms with E-state index in [1.165, 1.54) is 22.9 Å². The van der Waals surface area contributed by atoms with Crippen LogP contribution in [0.15, 0.2) is 106 Å². The molecule has 1 aliphatic carbocycles. The van der Waals surface area contributed by atoms with Gasteiger partial charge in [-0.2, -0.15) is 0 Å². The van der Waals surface area contributed by atoms with Gasteiger partial charge in [0.15, 0.2) is 6.29 Å². The van der Waals surface area contributed by atoms with Crippen LogP contribution in [-0.4, -0.2) is 19.0 Å². The van der Waals surface area contributed by atoms with Crippen molar-refractivity contribution in [3.63, 3.8) is 0 Å². The van der Waals surface area contributed by atoms with Crippen LogP contribution in [-0.2, 0) is 11.3 Å². The van der Waals surface area contributed by atoms with E-state index < -0.39 is 6.08 Å². The first kappa shape index (κ1) is 23.2. The van der Waals surface area contributed by atoms with Crippen LogP contribution in [0.2, 0.25) is 5.02 Å². The molecule has 0 amide bonds. The Bertz CT molecular complexity index is 1370. The predicted molar refractivity (Wildman–Crippen MR) is 138 cm³/mol. The summed E-state index contributed by atoms with van der Waals surface area (Å²) in [7, 11) is 0. The standard InChI is InChI=1S/C29H22ClNO3S/c30-21-13-14-28(35-27-12-6-1-7-19(27)17-32)20(15-21)16-31-29(33)34-18-26-24-10-4-2-8-22(24)23-9-3-5-11-25(23)26/h1-15,17,26H,16,18H2,(H,31,33)/p-1. The van der Waals surface area contributed by atoms with Gasteiger partial charge in [0.05, 0.1) is 6.54 Å². The second-order valence-electron chi connectivity index (χ2n) is 8.13. The number of halogens is 1. The number of ether oxygens (including phenoxy) is 1. The van der Waals surface area contributed by atoms with Crippen LogP contribution in [0.4, 0.5) is 0 Å². The van der Waals surface area contributed by atoms with Crippen LogP contribution in [0.3, 0.4) is 0 Å². The average Bonchev–Trinajstić information content (AvgIpc) is 3.21. The van der Waals surface area contributed by atoms with Crippen molar-refractivity contribution in [2.45, 2.75) is 22.3 Å². The molecule has 4 nitrogen and oxygen atoms in total. The van der Waals surface area contributed by atoms with E-state index in [1.807, 2.05) is 48.5 Å². The first-order valence-electron chi connectivity index (χ1n) is 11.2. The number of aliphatic imine (C=N–C) groups is 1. The second-order valence-corrected chi connectivity index (χ2v) is 9.65. The summed E-state index contributed by atoms with van der Waals surface area (Å²) in [5.41, 5.74) is 6.06. The SMILES string of the molecule is O=Cc1ccccc1Sc1ccc(Cl)cc1CN=C([O-])OCC1c2ccccc2-c2ccccc21. The number of nitrogens with zero attached hydrogens (tertiary/aromatic N) is 1. The highest BCUT2D eigenvalue weighted by Gasteiger charge is 2.26. The Kier molecular flexibility index (Phi) is 6.89. The first-order chi connectivity index (χ1) is 17.1. The Morgan fingerprint density at radius 1 is 0.914 bits per heavy atom. The molecule has 5 rings (SSSR count). The molecule has 0 spiro atoms. The maximum Gasteiger partial charge on any atom is 0.151 e. The third kappa shape index (κ3) is 4.97. The Hall–Kier alpha value is -3.54. The van der Waals surface area contributed by atoms with Crippen LogP contribution >= 0.6 is 23.4 Å². The number of carbonyl (C=O) groups excluding carboxylic acids is 1. The van der Waals surface area contributed by atoms with Gasteiger partial charge in [-0.05, 0) is 52.1 Å². The zero-order valence-electron chi connectivity index (χ0n) is 18.7. The Labute approximate surface area is 213 Å². The minimum Gasteiger partial charge on any atom is -0.599 e. The summed E-state index contributed by atoms with van der Waals surface area (Å²) in [5, 5.41) is 13.1. The minimum atomic E-state index is -0.615. The van der Waals surface area contributed by atoms with Crippen LogP contribution in [0, 0.1) is 0 Å². The fourth-order valence-corrected chi connectivity index (χ4v) is 5.55. The Balaban J connectivity index is 1.31. The maximum atomic E-state index is 12.6. The topological polar surface area (TPSA) is 61.7 Å². The van der Waals surface area contributed by atoms with Crippen molar-refractivity contribution < 1.29 is 14.6 Å². The van der Waals surface area contributed by atoms with Crippen molar-refractivity contribution in [2.24, 2.45) is 4.99 Å². The molecule has 0 N–H and O–H groups in total. The molecule has 0 saturated heterocycles. The number of rotatable bonds is 7. The van der Waals surface area contributed by atoms with Crippen LogP contribution in [0.5, 0.6) is 0 Å². The summed E-state index contributed by atoms with van der Waals surface area (Å²) in [5.74, 6) is -0.0151. The van der Waals surface area contributed by atoms with Crippen LogP contribution < -0.4 is 5.11 Å². The normalized spacial score (nSPS) is 12.8. The van der Waals surface area contributed by atoms with E-state index in [1.54, 1.807) is 18.2 Å². The number of fused-ring (bicyclic) bond motifs is 3. The third-order valence-electron chi connectivity index (χ3n) is 6.00. The van der Waals surface area contributed by atoms with E-state index in [0.29, 0.717) is 10.6 Å². The molecular weight excluding hydrogens is 478 g/mol. The quantitative estimate of drug-likeness (QED) is 0.169. The maximum absolute atomic E-state index is 12.6. The highest BCUT2D eigenvalue weighted by atomic mass is 35.5. The lowest BCUT2D eigenvalue weighted by atomic mass is 9.98. The summed E-state index contributed by atoms with van der Waals surface area (Å²) in [6.07, 6.45) is 0.218. The number of aldehydes is 1. The largest absolute Gasteiger partial charge is 0.599 e. The second kappa shape index (κ2) is 10.4. The van der Waals surface area contributed by atoms with Crippen molar-refractivity contribution in [3.05, 3.63) is 118 Å². The van der Waals surface area contributed by atoms with Gasteiger partial charge in [0, 0.05) is 32.9 Å². The monoisotopic (exact) mass is 498 g/mol. The molecule has 0 heterocycles. The van der Waals surface area contributed by atoms with Crippen molar-refractivity contribution in [1.29, 1.82) is 0 Å². The summed E-state index contributed by atoms with van der Waals surface area (Å²) in [6, 6.07) is 29.2. The smallest absolute Gasteiger partial charge is 0.151 e. The third-order valence-corrected chi connectivity index (χ3v) is 7.45. The summed E-state index contributed by atoms with van der Waals surface area (Å²) in [6.45, 7) is 0.350. The molecule has 0 unspecified atom stereocenters. The van der Waals surface area contributed by atoms with Gasteiger partial charge in [0.1, 0.15) is 6.08 Å². The molecule has 0 bridgehead atoms. The zero-order valence-corrected chi connectivity index (χ0v) is 20.3. The van der Waals surface area contributed by atoms with Gasteiger partial charge in [-0.25, -0.2) is 0 Å². The molecule has 1 aliphatic rings. The molecule has 6 heteroatoms. The highest BCUT2D eigenvalue weighted by Crippen LogP contribution is 2.44. The first-order valence-corrected chi connectivity index (χ1v) is 12.4. The fourth-order valence-electron chi connectivity index (χ4n) is 4.35. The van der Waals surface area contributed by atoms with Gasteiger partial charge < -0.3 is 9.84 Å². The van der Waals surface area contributed by atoms with Gasteiger partial charge >= 0.3 is 0 Å². The Morgan fingerprint density at radius 2 is 1.57 bits per heavy atom. The van der Waals surface area contributed by atoms with Crippen molar-refractivity contribution in [2.75, 3.05) is 6.61 Å². The molecule has 174 valence electrons. The van der Waals surface area contributed by atoms with Gasteiger partial charge in [0.25, 0.3) is 0 Å². The molecule has 0 radical (unpaired) electrons. The lowest BCUT2D eigenvalue weighted by Crippen LogP contribution is -2.24. The number of hydrogen-bond acceptors (Lipinski definition) is 5. The molecule has 0 fully saturated rings. The summed E-state index contributed by atoms with van der Waals surface area (Å²) < 4.78 is 5.59. The summed E-state index contributed by atoms with van der Waals surface area (Å²) in [4.78, 5) is 17.2. The molecule has 35 heavy (non-hydrogen) atoms. The van der Waals surface area contributed by atoms with Crippen molar-refractivity contribution >= 4 is 35.7 Å². The van der Waals surface area contributed by atoms with E-state index in [-0.39, 0.29) is 19.1 Å².